The highest BCUT2D eigenvalue weighted by Gasteiger charge is 2.38. The molecule has 1 saturated heterocycles. The van der Waals surface area contributed by atoms with Crippen LogP contribution in [0.5, 0.6) is 0 Å². The van der Waals surface area contributed by atoms with Crippen molar-refractivity contribution < 1.29 is 13.2 Å². The Hall–Kier alpha value is -2.07. The zero-order valence-electron chi connectivity index (χ0n) is 16.7. The first-order valence-corrected chi connectivity index (χ1v) is 12.9. The van der Waals surface area contributed by atoms with Crippen molar-refractivity contribution >= 4 is 48.8 Å². The molecule has 1 atom stereocenters. The zero-order chi connectivity index (χ0) is 21.3. The van der Waals surface area contributed by atoms with Gasteiger partial charge in [0.05, 0.1) is 10.2 Å². The first kappa shape index (κ1) is 21.2. The second-order valence-corrected chi connectivity index (χ2v) is 11.3. The minimum absolute atomic E-state index is 0.265. The van der Waals surface area contributed by atoms with Crippen LogP contribution in [-0.2, 0) is 21.4 Å². The molecule has 4 rings (SSSR count). The monoisotopic (exact) mass is 461 g/mol. The Bertz CT molecular complexity index is 1250. The number of aryl methyl sites for hydroxylation is 1. The van der Waals surface area contributed by atoms with Gasteiger partial charge in [-0.2, -0.15) is 9.30 Å². The number of thiazole rings is 1. The van der Waals surface area contributed by atoms with Gasteiger partial charge in [0.1, 0.15) is 10.3 Å². The summed E-state index contributed by atoms with van der Waals surface area (Å²) in [5.41, 5.74) is 2.12. The first-order valence-electron chi connectivity index (χ1n) is 9.76. The van der Waals surface area contributed by atoms with E-state index in [9.17, 15) is 13.2 Å². The highest BCUT2D eigenvalue weighted by atomic mass is 32.2. The van der Waals surface area contributed by atoms with E-state index < -0.39 is 22.0 Å². The summed E-state index contributed by atoms with van der Waals surface area (Å²) in [6.45, 7) is 6.70. The smallest absolute Gasteiger partial charge is 0.266 e. The molecular weight excluding hydrogens is 438 g/mol. The van der Waals surface area contributed by atoms with Crippen molar-refractivity contribution in [3.63, 3.8) is 0 Å². The fraction of sp³-hybridized carbons (Fsp3) is 0.333. The fourth-order valence-corrected chi connectivity index (χ4v) is 7.62. The van der Waals surface area contributed by atoms with Crippen molar-refractivity contribution in [2.24, 2.45) is 4.99 Å². The van der Waals surface area contributed by atoms with Crippen LogP contribution in [0, 0.1) is 6.92 Å². The lowest BCUT2D eigenvalue weighted by atomic mass is 10.0. The number of hydrogen-bond donors (Lipinski definition) is 0. The van der Waals surface area contributed by atoms with Crippen LogP contribution in [0.1, 0.15) is 24.8 Å². The Morgan fingerprint density at radius 2 is 2.17 bits per heavy atom. The Kier molecular flexibility index (Phi) is 6.06. The van der Waals surface area contributed by atoms with Gasteiger partial charge < -0.3 is 4.57 Å². The lowest BCUT2D eigenvalue weighted by Crippen LogP contribution is -2.47. The molecule has 0 N–H and O–H groups in total. The van der Waals surface area contributed by atoms with E-state index in [1.807, 2.05) is 23.6 Å². The van der Waals surface area contributed by atoms with Crippen molar-refractivity contribution in [2.45, 2.75) is 43.0 Å². The van der Waals surface area contributed by atoms with E-state index in [4.69, 9.17) is 0 Å². The van der Waals surface area contributed by atoms with E-state index in [1.165, 1.54) is 27.0 Å². The summed E-state index contributed by atoms with van der Waals surface area (Å²) in [7, 11) is -3.70. The van der Waals surface area contributed by atoms with E-state index in [0.29, 0.717) is 24.3 Å². The number of fused-ring (bicyclic) bond motifs is 1. The van der Waals surface area contributed by atoms with Gasteiger partial charge in [-0.25, -0.2) is 8.42 Å². The number of rotatable bonds is 5. The van der Waals surface area contributed by atoms with Crippen LogP contribution in [0.15, 0.2) is 57.6 Å². The third-order valence-corrected chi connectivity index (χ3v) is 9.47. The standard InChI is InChI=1S/C21H23N3O3S3/c1-3-11-23-16-10-9-15(2)14-18(16)29-21(23)22-20(25)17-7-4-5-12-24(17)30(26,27)19-8-6-13-28-19/h3,6,8-10,13-14,17H,1,4-5,7,11-12H2,2H3. The highest BCUT2D eigenvalue weighted by molar-refractivity contribution is 7.91. The molecular formula is C21H23N3O3S3. The predicted octanol–water partition coefficient (Wildman–Crippen LogP) is 3.93. The second-order valence-electron chi connectivity index (χ2n) is 7.26. The summed E-state index contributed by atoms with van der Waals surface area (Å²) < 4.78 is 30.8. The van der Waals surface area contributed by atoms with E-state index in [-0.39, 0.29) is 4.21 Å². The molecule has 30 heavy (non-hydrogen) atoms. The number of allylic oxidation sites excluding steroid dienone is 1. The van der Waals surface area contributed by atoms with Crippen LogP contribution in [0.3, 0.4) is 0 Å². The van der Waals surface area contributed by atoms with Crippen LogP contribution in [0.2, 0.25) is 0 Å². The van der Waals surface area contributed by atoms with Gasteiger partial charge in [0.15, 0.2) is 4.80 Å². The SMILES string of the molecule is C=CCn1c(=NC(=O)C2CCCCN2S(=O)(=O)c2cccs2)sc2cc(C)ccc21. The van der Waals surface area contributed by atoms with E-state index >= 15 is 0 Å². The number of carbonyl (C=O) groups is 1. The van der Waals surface area contributed by atoms with Gasteiger partial charge in [0.2, 0.25) is 0 Å². The summed E-state index contributed by atoms with van der Waals surface area (Å²) in [5.74, 6) is -0.407. The Morgan fingerprint density at radius 1 is 1.33 bits per heavy atom. The van der Waals surface area contributed by atoms with Crippen molar-refractivity contribution in [3.05, 3.63) is 58.7 Å². The molecule has 158 valence electrons. The predicted molar refractivity (Wildman–Crippen MR) is 121 cm³/mol. The molecule has 0 aliphatic carbocycles. The van der Waals surface area contributed by atoms with Crippen molar-refractivity contribution in [3.8, 4) is 0 Å². The van der Waals surface area contributed by atoms with Gasteiger partial charge in [-0.05, 0) is 48.9 Å². The third-order valence-electron chi connectivity index (χ3n) is 5.15. The quantitative estimate of drug-likeness (QED) is 0.541. The largest absolute Gasteiger partial charge is 0.313 e. The number of thiophene rings is 1. The fourth-order valence-electron chi connectivity index (χ4n) is 3.71. The van der Waals surface area contributed by atoms with Crippen LogP contribution < -0.4 is 4.80 Å². The Labute approximate surface area is 183 Å². The molecule has 1 amide bonds. The molecule has 1 unspecified atom stereocenters. The number of hydrogen-bond acceptors (Lipinski definition) is 5. The van der Waals surface area contributed by atoms with E-state index in [2.05, 4.69) is 17.6 Å². The van der Waals surface area contributed by atoms with Gasteiger partial charge in [-0.3, -0.25) is 4.79 Å². The lowest BCUT2D eigenvalue weighted by Gasteiger charge is -2.31. The van der Waals surface area contributed by atoms with Gasteiger partial charge in [-0.15, -0.1) is 17.9 Å². The van der Waals surface area contributed by atoms with Gasteiger partial charge in [0.25, 0.3) is 15.9 Å². The summed E-state index contributed by atoms with van der Waals surface area (Å²) >= 11 is 2.61. The molecule has 1 aliphatic heterocycles. The second kappa shape index (κ2) is 8.58. The molecule has 2 aromatic heterocycles. The third kappa shape index (κ3) is 3.94. The van der Waals surface area contributed by atoms with Crippen LogP contribution in [0.25, 0.3) is 10.2 Å². The maximum Gasteiger partial charge on any atom is 0.266 e. The molecule has 6 nitrogen and oxygen atoms in total. The van der Waals surface area contributed by atoms with Gasteiger partial charge >= 0.3 is 0 Å². The van der Waals surface area contributed by atoms with Crippen molar-refractivity contribution in [1.29, 1.82) is 0 Å². The molecule has 3 heterocycles. The Balaban J connectivity index is 1.75. The lowest BCUT2D eigenvalue weighted by molar-refractivity contribution is -0.122. The number of nitrogens with zero attached hydrogens (tertiary/aromatic N) is 3. The maximum atomic E-state index is 13.2. The topological polar surface area (TPSA) is 71.7 Å². The molecule has 0 radical (unpaired) electrons. The van der Waals surface area contributed by atoms with E-state index in [0.717, 1.165) is 28.6 Å². The summed E-state index contributed by atoms with van der Waals surface area (Å²) in [4.78, 5) is 18.2. The number of carbonyl (C=O) groups excluding carboxylic acids is 1. The molecule has 1 aliphatic rings. The van der Waals surface area contributed by atoms with Crippen molar-refractivity contribution in [1.82, 2.24) is 8.87 Å². The molecule has 0 saturated carbocycles. The van der Waals surface area contributed by atoms with Crippen molar-refractivity contribution in [2.75, 3.05) is 6.54 Å². The van der Waals surface area contributed by atoms with Gasteiger partial charge in [-0.1, -0.05) is 36.0 Å². The molecule has 3 aromatic rings. The minimum Gasteiger partial charge on any atom is -0.313 e. The molecule has 1 fully saturated rings. The Morgan fingerprint density at radius 3 is 2.90 bits per heavy atom. The minimum atomic E-state index is -3.70. The molecule has 0 spiro atoms. The van der Waals surface area contributed by atoms with Crippen LogP contribution in [0.4, 0.5) is 0 Å². The maximum absolute atomic E-state index is 13.2. The molecule has 1 aromatic carbocycles. The molecule has 9 heteroatoms. The zero-order valence-corrected chi connectivity index (χ0v) is 19.1. The summed E-state index contributed by atoms with van der Waals surface area (Å²) in [6.07, 6.45) is 3.80. The first-order chi connectivity index (χ1) is 14.4. The summed E-state index contributed by atoms with van der Waals surface area (Å²) in [6, 6.07) is 8.63. The van der Waals surface area contributed by atoms with Crippen LogP contribution >= 0.6 is 22.7 Å². The number of piperidine rings is 1. The number of sulfonamides is 1. The van der Waals surface area contributed by atoms with E-state index in [1.54, 1.807) is 23.6 Å². The average Bonchev–Trinajstić information content (AvgIpc) is 3.37. The molecule has 0 bridgehead atoms. The van der Waals surface area contributed by atoms with Gasteiger partial charge in [0, 0.05) is 13.1 Å². The van der Waals surface area contributed by atoms with Crippen LogP contribution in [-0.4, -0.2) is 35.8 Å². The normalized spacial score (nSPS) is 18.7. The summed E-state index contributed by atoms with van der Waals surface area (Å²) in [5, 5.41) is 1.73. The number of aromatic nitrogens is 1. The highest BCUT2D eigenvalue weighted by Crippen LogP contribution is 2.28. The number of benzene rings is 1. The average molecular weight is 462 g/mol. The number of amides is 1.